The van der Waals surface area contributed by atoms with E-state index in [-0.39, 0.29) is 30.0 Å². The maximum absolute atomic E-state index is 11.7. The number of aryl methyl sites for hydroxylation is 2. The van der Waals surface area contributed by atoms with Gasteiger partial charge in [0.05, 0.1) is 11.9 Å². The summed E-state index contributed by atoms with van der Waals surface area (Å²) in [6, 6.07) is -0.0254. The monoisotopic (exact) mass is 471 g/mol. The van der Waals surface area contributed by atoms with Crippen molar-refractivity contribution in [1.29, 1.82) is 0 Å². The molecule has 8 nitrogen and oxygen atoms in total. The van der Waals surface area contributed by atoms with E-state index in [1.165, 1.54) is 6.26 Å². The van der Waals surface area contributed by atoms with Gasteiger partial charge in [0.15, 0.2) is 5.96 Å². The molecule has 0 amide bonds. The molecule has 1 aliphatic rings. The average molecular weight is 471 g/mol. The van der Waals surface area contributed by atoms with Crippen LogP contribution in [0.2, 0.25) is 0 Å². The summed E-state index contributed by atoms with van der Waals surface area (Å²) in [6.07, 6.45) is 3.02. The lowest BCUT2D eigenvalue weighted by Crippen LogP contribution is -2.46. The summed E-state index contributed by atoms with van der Waals surface area (Å²) in [6.45, 7) is 5.45. The van der Waals surface area contributed by atoms with E-state index in [2.05, 4.69) is 20.8 Å². The van der Waals surface area contributed by atoms with Crippen LogP contribution >= 0.6 is 24.0 Å². The fourth-order valence-electron chi connectivity index (χ4n) is 2.81. The number of nitrogens with zero attached hydrogens (tertiary/aromatic N) is 3. The van der Waals surface area contributed by atoms with Gasteiger partial charge in [-0.3, -0.25) is 4.99 Å². The van der Waals surface area contributed by atoms with Crippen LogP contribution in [0.5, 0.6) is 0 Å². The second-order valence-corrected chi connectivity index (χ2v) is 7.71. The molecule has 0 spiro atoms. The normalized spacial score (nSPS) is 19.2. The first-order valence-electron chi connectivity index (χ1n) is 7.66. The van der Waals surface area contributed by atoms with Crippen molar-refractivity contribution in [2.75, 3.05) is 26.4 Å². The first-order valence-corrected chi connectivity index (χ1v) is 9.51. The highest BCUT2D eigenvalue weighted by molar-refractivity contribution is 14.0. The van der Waals surface area contributed by atoms with Crippen molar-refractivity contribution in [1.82, 2.24) is 20.1 Å². The predicted octanol–water partition coefficient (Wildman–Crippen LogP) is 0.998. The molecule has 10 heteroatoms. The number of rotatable bonds is 5. The Kier molecular flexibility index (Phi) is 7.93. The van der Waals surface area contributed by atoms with E-state index in [0.717, 1.165) is 29.9 Å². The van der Waals surface area contributed by atoms with Gasteiger partial charge < -0.3 is 15.2 Å². The van der Waals surface area contributed by atoms with Crippen molar-refractivity contribution in [2.45, 2.75) is 39.3 Å². The zero-order valence-electron chi connectivity index (χ0n) is 14.5. The third-order valence-electron chi connectivity index (χ3n) is 4.09. The highest BCUT2D eigenvalue weighted by Gasteiger charge is 2.31. The highest BCUT2D eigenvalue weighted by atomic mass is 127. The smallest absolute Gasteiger partial charge is 0.211 e. The van der Waals surface area contributed by atoms with E-state index >= 15 is 0 Å². The molecule has 1 aromatic rings. The Bertz CT molecular complexity index is 654. The Morgan fingerprint density at radius 1 is 1.42 bits per heavy atom. The third-order valence-corrected chi connectivity index (χ3v) is 5.42. The Morgan fingerprint density at radius 2 is 2.12 bits per heavy atom. The molecule has 0 aliphatic carbocycles. The van der Waals surface area contributed by atoms with E-state index in [1.54, 1.807) is 11.4 Å². The van der Waals surface area contributed by atoms with Crippen molar-refractivity contribution in [3.05, 3.63) is 17.0 Å². The van der Waals surface area contributed by atoms with Gasteiger partial charge in [0.2, 0.25) is 10.0 Å². The molecule has 1 aromatic heterocycles. The van der Waals surface area contributed by atoms with Crippen LogP contribution in [0, 0.1) is 13.8 Å². The average Bonchev–Trinajstić information content (AvgIpc) is 3.07. The minimum absolute atomic E-state index is 0. The topological polar surface area (TPSA) is 99.8 Å². The number of halogens is 1. The molecule has 24 heavy (non-hydrogen) atoms. The van der Waals surface area contributed by atoms with E-state index in [4.69, 9.17) is 4.52 Å². The fraction of sp³-hybridized carbons (Fsp3) is 0.714. The largest absolute Gasteiger partial charge is 0.361 e. The van der Waals surface area contributed by atoms with Gasteiger partial charge >= 0.3 is 0 Å². The SMILES string of the molecule is CN=C(NCc1c(C)noc1C)NC[C@H]1CCCN1S(C)(=O)=O.I. The van der Waals surface area contributed by atoms with Crippen molar-refractivity contribution >= 4 is 40.0 Å². The van der Waals surface area contributed by atoms with Crippen LogP contribution in [0.25, 0.3) is 0 Å². The predicted molar refractivity (Wildman–Crippen MR) is 104 cm³/mol. The zero-order valence-corrected chi connectivity index (χ0v) is 17.6. The number of hydrogen-bond acceptors (Lipinski definition) is 5. The van der Waals surface area contributed by atoms with Crippen LogP contribution in [-0.4, -0.2) is 56.3 Å². The number of guanidine groups is 1. The molecule has 0 bridgehead atoms. The van der Waals surface area contributed by atoms with Crippen molar-refractivity contribution in [3.8, 4) is 0 Å². The lowest BCUT2D eigenvalue weighted by atomic mass is 10.2. The Morgan fingerprint density at radius 3 is 2.67 bits per heavy atom. The van der Waals surface area contributed by atoms with Gasteiger partial charge in [-0.15, -0.1) is 24.0 Å². The molecule has 2 rings (SSSR count). The van der Waals surface area contributed by atoms with E-state index in [9.17, 15) is 8.42 Å². The van der Waals surface area contributed by atoms with Crippen LogP contribution in [-0.2, 0) is 16.6 Å². The number of hydrogen-bond donors (Lipinski definition) is 2. The second kappa shape index (κ2) is 8.99. The van der Waals surface area contributed by atoms with Gasteiger partial charge in [-0.2, -0.15) is 4.31 Å². The molecule has 1 aliphatic heterocycles. The molecule has 1 saturated heterocycles. The summed E-state index contributed by atoms with van der Waals surface area (Å²) in [5.41, 5.74) is 1.86. The first kappa shape index (κ1) is 21.2. The van der Waals surface area contributed by atoms with Gasteiger partial charge in [0.25, 0.3) is 0 Å². The Labute approximate surface area is 160 Å². The minimum atomic E-state index is -3.15. The summed E-state index contributed by atoms with van der Waals surface area (Å²) in [4.78, 5) is 4.17. The summed E-state index contributed by atoms with van der Waals surface area (Å²) in [5.74, 6) is 1.41. The van der Waals surface area contributed by atoms with Crippen LogP contribution in [0.15, 0.2) is 9.52 Å². The van der Waals surface area contributed by atoms with Gasteiger partial charge in [0.1, 0.15) is 5.76 Å². The molecule has 0 aromatic carbocycles. The maximum atomic E-state index is 11.7. The first-order chi connectivity index (χ1) is 10.8. The number of aliphatic imine (C=N–C) groups is 1. The Hall–Kier alpha value is -0.880. The van der Waals surface area contributed by atoms with Gasteiger partial charge in [-0.25, -0.2) is 8.42 Å². The molecule has 2 N–H and O–H groups in total. The summed E-state index contributed by atoms with van der Waals surface area (Å²) in [5, 5.41) is 10.3. The molecule has 0 saturated carbocycles. The van der Waals surface area contributed by atoms with Gasteiger partial charge in [0, 0.05) is 38.3 Å². The lowest BCUT2D eigenvalue weighted by Gasteiger charge is -2.23. The van der Waals surface area contributed by atoms with Crippen molar-refractivity contribution in [3.63, 3.8) is 0 Å². The quantitative estimate of drug-likeness (QED) is 0.378. The summed E-state index contributed by atoms with van der Waals surface area (Å²) < 4.78 is 30.2. The van der Waals surface area contributed by atoms with E-state index in [1.807, 2.05) is 13.8 Å². The molecule has 0 unspecified atom stereocenters. The molecule has 1 atom stereocenters. The standard InChI is InChI=1S/C14H25N5O3S.HI/c1-10-13(11(2)22-18-10)9-17-14(15-3)16-8-12-6-5-7-19(12)23(4,20)21;/h12H,5-9H2,1-4H3,(H2,15,16,17);1H/t12-;/m1./s1. The molecule has 2 heterocycles. The maximum Gasteiger partial charge on any atom is 0.211 e. The van der Waals surface area contributed by atoms with Gasteiger partial charge in [-0.05, 0) is 26.7 Å². The third kappa shape index (κ3) is 5.31. The summed E-state index contributed by atoms with van der Waals surface area (Å²) in [7, 11) is -1.47. The van der Waals surface area contributed by atoms with Crippen LogP contribution in [0.4, 0.5) is 0 Å². The second-order valence-electron chi connectivity index (χ2n) is 5.78. The van der Waals surface area contributed by atoms with Crippen molar-refractivity contribution in [2.24, 2.45) is 4.99 Å². The number of nitrogens with one attached hydrogen (secondary N) is 2. The van der Waals surface area contributed by atoms with E-state index in [0.29, 0.717) is 25.6 Å². The minimum Gasteiger partial charge on any atom is -0.361 e. The molecular formula is C14H26IN5O3S. The van der Waals surface area contributed by atoms with Crippen LogP contribution in [0.3, 0.4) is 0 Å². The van der Waals surface area contributed by atoms with Crippen LogP contribution < -0.4 is 10.6 Å². The Balaban J connectivity index is 0.00000288. The summed E-state index contributed by atoms with van der Waals surface area (Å²) >= 11 is 0. The van der Waals surface area contributed by atoms with E-state index < -0.39 is 10.0 Å². The fourth-order valence-corrected chi connectivity index (χ4v) is 3.99. The highest BCUT2D eigenvalue weighted by Crippen LogP contribution is 2.19. The molecular weight excluding hydrogens is 445 g/mol. The molecule has 1 fully saturated rings. The zero-order chi connectivity index (χ0) is 17.0. The number of sulfonamides is 1. The number of aromatic nitrogens is 1. The molecule has 0 radical (unpaired) electrons. The van der Waals surface area contributed by atoms with Crippen LogP contribution in [0.1, 0.15) is 29.9 Å². The lowest BCUT2D eigenvalue weighted by molar-refractivity contribution is 0.387. The van der Waals surface area contributed by atoms with Crippen molar-refractivity contribution < 1.29 is 12.9 Å². The van der Waals surface area contributed by atoms with Gasteiger partial charge in [-0.1, -0.05) is 5.16 Å². The molecule has 138 valence electrons.